The lowest BCUT2D eigenvalue weighted by atomic mass is 10.1. The van der Waals surface area contributed by atoms with E-state index >= 15 is 0 Å². The predicted octanol–water partition coefficient (Wildman–Crippen LogP) is 5.95. The first-order valence-electron chi connectivity index (χ1n) is 7.57. The zero-order valence-electron chi connectivity index (χ0n) is 14.5. The first-order chi connectivity index (χ1) is 10.6. The molecule has 0 saturated heterocycles. The summed E-state index contributed by atoms with van der Waals surface area (Å²) in [6, 6.07) is 8.12. The standard InChI is InChI=1S/C19H24O2S2/c1-11-7-15(8-12(2)17(11)20)22-19(5,6)23-16-9-13(3)18(21)14(4)10-16/h7-10,20-21H,1-6H3. The third-order valence-corrected chi connectivity index (χ3v) is 6.08. The Hall–Kier alpha value is -1.26. The first-order valence-corrected chi connectivity index (χ1v) is 9.21. The predicted molar refractivity (Wildman–Crippen MR) is 101 cm³/mol. The first kappa shape index (κ1) is 18.1. The molecule has 0 aliphatic rings. The van der Waals surface area contributed by atoms with Crippen LogP contribution in [0.3, 0.4) is 0 Å². The summed E-state index contributed by atoms with van der Waals surface area (Å²) >= 11 is 3.57. The number of benzene rings is 2. The minimum absolute atomic E-state index is 0.0638. The summed E-state index contributed by atoms with van der Waals surface area (Å²) < 4.78 is -0.0638. The molecule has 2 aromatic rings. The zero-order chi connectivity index (χ0) is 17.4. The van der Waals surface area contributed by atoms with Crippen LogP contribution in [0.15, 0.2) is 34.1 Å². The highest BCUT2D eigenvalue weighted by Gasteiger charge is 2.22. The topological polar surface area (TPSA) is 40.5 Å². The summed E-state index contributed by atoms with van der Waals surface area (Å²) in [6.45, 7) is 12.1. The molecule has 0 spiro atoms. The molecule has 2 nitrogen and oxygen atoms in total. The van der Waals surface area contributed by atoms with Crippen LogP contribution >= 0.6 is 23.5 Å². The number of aromatic hydroxyl groups is 2. The number of phenols is 2. The van der Waals surface area contributed by atoms with Gasteiger partial charge in [0.25, 0.3) is 0 Å². The van der Waals surface area contributed by atoms with Crippen molar-refractivity contribution < 1.29 is 10.2 Å². The molecule has 2 rings (SSSR count). The molecule has 0 radical (unpaired) electrons. The molecule has 0 saturated carbocycles. The molecule has 0 unspecified atom stereocenters. The van der Waals surface area contributed by atoms with Crippen molar-refractivity contribution in [3.05, 3.63) is 46.5 Å². The normalized spacial score (nSPS) is 11.7. The van der Waals surface area contributed by atoms with E-state index in [1.165, 1.54) is 0 Å². The lowest BCUT2D eigenvalue weighted by Gasteiger charge is -2.24. The number of hydrogen-bond acceptors (Lipinski definition) is 4. The number of aryl methyl sites for hydroxylation is 4. The molecule has 0 heterocycles. The maximum absolute atomic E-state index is 9.91. The highest BCUT2D eigenvalue weighted by molar-refractivity contribution is 8.18. The van der Waals surface area contributed by atoms with Gasteiger partial charge in [0.15, 0.2) is 0 Å². The minimum atomic E-state index is -0.0638. The smallest absolute Gasteiger partial charge is 0.121 e. The quantitative estimate of drug-likeness (QED) is 0.529. The van der Waals surface area contributed by atoms with Crippen LogP contribution in [0.4, 0.5) is 0 Å². The Bertz CT molecular complexity index is 629. The van der Waals surface area contributed by atoms with Crippen molar-refractivity contribution in [3.63, 3.8) is 0 Å². The third kappa shape index (κ3) is 4.39. The SMILES string of the molecule is Cc1cc(SC(C)(C)Sc2cc(C)c(O)c(C)c2)cc(C)c1O. The van der Waals surface area contributed by atoms with E-state index in [4.69, 9.17) is 0 Å². The molecular weight excluding hydrogens is 324 g/mol. The van der Waals surface area contributed by atoms with E-state index in [1.54, 1.807) is 23.5 Å². The van der Waals surface area contributed by atoms with Crippen molar-refractivity contribution >= 4 is 23.5 Å². The Balaban J connectivity index is 2.22. The molecule has 0 aromatic heterocycles. The second-order valence-corrected chi connectivity index (χ2v) is 10.1. The highest BCUT2D eigenvalue weighted by Crippen LogP contribution is 2.46. The number of thioether (sulfide) groups is 2. The minimum Gasteiger partial charge on any atom is -0.507 e. The summed E-state index contributed by atoms with van der Waals surface area (Å²) in [5.41, 5.74) is 3.63. The average molecular weight is 349 g/mol. The Kier molecular flexibility index (Phi) is 5.27. The van der Waals surface area contributed by atoms with Gasteiger partial charge in [-0.05, 0) is 88.1 Å². The number of phenolic OH excluding ortho intramolecular Hbond substituents is 2. The van der Waals surface area contributed by atoms with E-state index in [9.17, 15) is 10.2 Å². The second-order valence-electron chi connectivity index (χ2n) is 6.42. The van der Waals surface area contributed by atoms with Gasteiger partial charge in [0, 0.05) is 9.79 Å². The van der Waals surface area contributed by atoms with Gasteiger partial charge in [-0.2, -0.15) is 0 Å². The fourth-order valence-electron chi connectivity index (χ4n) is 2.54. The van der Waals surface area contributed by atoms with Gasteiger partial charge in [-0.1, -0.05) is 0 Å². The van der Waals surface area contributed by atoms with Gasteiger partial charge >= 0.3 is 0 Å². The van der Waals surface area contributed by atoms with Gasteiger partial charge in [0.1, 0.15) is 11.5 Å². The van der Waals surface area contributed by atoms with Crippen molar-refractivity contribution in [2.75, 3.05) is 0 Å². The van der Waals surface area contributed by atoms with Gasteiger partial charge < -0.3 is 10.2 Å². The summed E-state index contributed by atoms with van der Waals surface area (Å²) in [6.07, 6.45) is 0. The summed E-state index contributed by atoms with van der Waals surface area (Å²) in [4.78, 5) is 2.31. The van der Waals surface area contributed by atoms with E-state index in [2.05, 4.69) is 13.8 Å². The largest absolute Gasteiger partial charge is 0.507 e. The van der Waals surface area contributed by atoms with Gasteiger partial charge in [-0.15, -0.1) is 23.5 Å². The van der Waals surface area contributed by atoms with E-state index in [0.29, 0.717) is 11.5 Å². The van der Waals surface area contributed by atoms with Crippen molar-refractivity contribution in [2.24, 2.45) is 0 Å². The number of hydrogen-bond donors (Lipinski definition) is 2. The van der Waals surface area contributed by atoms with E-state index in [1.807, 2.05) is 52.0 Å². The van der Waals surface area contributed by atoms with Crippen LogP contribution in [0.2, 0.25) is 0 Å². The molecule has 4 heteroatoms. The molecule has 0 aliphatic heterocycles. The van der Waals surface area contributed by atoms with E-state index in [0.717, 1.165) is 32.0 Å². The van der Waals surface area contributed by atoms with Gasteiger partial charge in [-0.3, -0.25) is 0 Å². The van der Waals surface area contributed by atoms with Crippen LogP contribution in [-0.2, 0) is 0 Å². The van der Waals surface area contributed by atoms with Crippen LogP contribution in [0.1, 0.15) is 36.1 Å². The van der Waals surface area contributed by atoms with Gasteiger partial charge in [-0.25, -0.2) is 0 Å². The van der Waals surface area contributed by atoms with Gasteiger partial charge in [0.2, 0.25) is 0 Å². The Morgan fingerprint density at radius 1 is 0.652 bits per heavy atom. The fourth-order valence-corrected chi connectivity index (χ4v) is 5.36. The molecule has 0 aliphatic carbocycles. The van der Waals surface area contributed by atoms with Crippen LogP contribution in [0.25, 0.3) is 0 Å². The summed E-state index contributed by atoms with van der Waals surface area (Å²) in [7, 11) is 0. The lowest BCUT2D eigenvalue weighted by Crippen LogP contribution is -2.08. The Morgan fingerprint density at radius 3 is 1.17 bits per heavy atom. The van der Waals surface area contributed by atoms with E-state index in [-0.39, 0.29) is 4.08 Å². The van der Waals surface area contributed by atoms with Crippen LogP contribution in [-0.4, -0.2) is 14.3 Å². The monoisotopic (exact) mass is 348 g/mol. The van der Waals surface area contributed by atoms with Crippen LogP contribution < -0.4 is 0 Å². The van der Waals surface area contributed by atoms with Crippen molar-refractivity contribution in [3.8, 4) is 11.5 Å². The summed E-state index contributed by atoms with van der Waals surface area (Å²) in [5.74, 6) is 0.759. The van der Waals surface area contributed by atoms with Crippen molar-refractivity contribution in [2.45, 2.75) is 55.4 Å². The Morgan fingerprint density at radius 2 is 0.913 bits per heavy atom. The maximum atomic E-state index is 9.91. The summed E-state index contributed by atoms with van der Waals surface area (Å²) in [5, 5.41) is 19.8. The second kappa shape index (κ2) is 6.70. The third-order valence-electron chi connectivity index (χ3n) is 3.66. The lowest BCUT2D eigenvalue weighted by molar-refractivity contribution is 0.466. The zero-order valence-corrected chi connectivity index (χ0v) is 16.2. The molecule has 0 amide bonds. The molecular formula is C19H24O2S2. The molecule has 23 heavy (non-hydrogen) atoms. The Labute approximate surface area is 147 Å². The molecule has 2 N–H and O–H groups in total. The van der Waals surface area contributed by atoms with Crippen LogP contribution in [0.5, 0.6) is 11.5 Å². The highest BCUT2D eigenvalue weighted by atomic mass is 32.2. The molecule has 0 fully saturated rings. The van der Waals surface area contributed by atoms with Crippen LogP contribution in [0, 0.1) is 27.7 Å². The van der Waals surface area contributed by atoms with E-state index < -0.39 is 0 Å². The van der Waals surface area contributed by atoms with Crippen molar-refractivity contribution in [1.29, 1.82) is 0 Å². The van der Waals surface area contributed by atoms with Gasteiger partial charge in [0.05, 0.1) is 4.08 Å². The van der Waals surface area contributed by atoms with Crippen molar-refractivity contribution in [1.82, 2.24) is 0 Å². The fraction of sp³-hybridized carbons (Fsp3) is 0.368. The molecule has 0 atom stereocenters. The molecule has 2 aromatic carbocycles. The maximum Gasteiger partial charge on any atom is 0.121 e. The molecule has 0 bridgehead atoms. The molecule has 124 valence electrons. The number of rotatable bonds is 4. The average Bonchev–Trinajstić information content (AvgIpc) is 2.41.